The normalized spacial score (nSPS) is 11.2. The summed E-state index contributed by atoms with van der Waals surface area (Å²) in [5.41, 5.74) is 5.76. The van der Waals surface area contributed by atoms with Gasteiger partial charge >= 0.3 is 0 Å². The van der Waals surface area contributed by atoms with E-state index in [4.69, 9.17) is 0 Å². The third-order valence-corrected chi connectivity index (χ3v) is 3.95. The van der Waals surface area contributed by atoms with Crippen LogP contribution in [-0.2, 0) is 0 Å². The maximum atomic E-state index is 12.3. The first kappa shape index (κ1) is 17.2. The zero-order valence-electron chi connectivity index (χ0n) is 14.2. The van der Waals surface area contributed by atoms with Gasteiger partial charge in [0.2, 0.25) is 0 Å². The van der Waals surface area contributed by atoms with Crippen molar-refractivity contribution in [2.45, 2.75) is 6.92 Å². The maximum Gasteiger partial charge on any atom is 0.271 e. The molecule has 0 aliphatic heterocycles. The molecule has 0 bridgehead atoms. The van der Waals surface area contributed by atoms with Crippen molar-refractivity contribution in [3.63, 3.8) is 0 Å². The van der Waals surface area contributed by atoms with Crippen LogP contribution in [0.2, 0.25) is 0 Å². The second-order valence-electron chi connectivity index (χ2n) is 5.78. The predicted octanol–water partition coefficient (Wildman–Crippen LogP) is 3.92. The lowest BCUT2D eigenvalue weighted by Crippen LogP contribution is -2.19. The van der Waals surface area contributed by atoms with Crippen LogP contribution in [-0.4, -0.2) is 21.8 Å². The van der Waals surface area contributed by atoms with Gasteiger partial charge in [-0.25, -0.2) is 5.43 Å². The highest BCUT2D eigenvalue weighted by molar-refractivity contribution is 6.03. The molecule has 0 atom stereocenters. The summed E-state index contributed by atoms with van der Waals surface area (Å²) in [4.78, 5) is 12.3. The van der Waals surface area contributed by atoms with Gasteiger partial charge < -0.3 is 10.2 Å². The van der Waals surface area contributed by atoms with Crippen molar-refractivity contribution < 1.29 is 15.0 Å². The quantitative estimate of drug-likeness (QED) is 0.380. The minimum Gasteiger partial charge on any atom is -0.508 e. The Balaban J connectivity index is 1.73. The predicted molar refractivity (Wildman–Crippen MR) is 101 cm³/mol. The van der Waals surface area contributed by atoms with E-state index in [1.807, 2.05) is 42.5 Å². The average molecular weight is 346 g/mol. The molecular weight excluding hydrogens is 328 g/mol. The fraction of sp³-hybridized carbons (Fsp3) is 0.0476. The number of benzene rings is 3. The van der Waals surface area contributed by atoms with E-state index in [-0.39, 0.29) is 17.4 Å². The second kappa shape index (κ2) is 7.53. The zero-order valence-corrected chi connectivity index (χ0v) is 14.2. The molecule has 26 heavy (non-hydrogen) atoms. The van der Waals surface area contributed by atoms with E-state index in [0.29, 0.717) is 16.8 Å². The second-order valence-corrected chi connectivity index (χ2v) is 5.78. The van der Waals surface area contributed by atoms with Gasteiger partial charge in [0.05, 0.1) is 5.71 Å². The Morgan fingerprint density at radius 3 is 2.23 bits per heavy atom. The van der Waals surface area contributed by atoms with Gasteiger partial charge in [0.1, 0.15) is 11.5 Å². The number of nitrogens with zero attached hydrogens (tertiary/aromatic N) is 1. The number of hydrazone groups is 1. The van der Waals surface area contributed by atoms with Crippen molar-refractivity contribution in [2.75, 3.05) is 0 Å². The fourth-order valence-corrected chi connectivity index (χ4v) is 2.52. The van der Waals surface area contributed by atoms with Crippen molar-refractivity contribution in [3.8, 4) is 22.6 Å². The van der Waals surface area contributed by atoms with Gasteiger partial charge in [0.15, 0.2) is 0 Å². The molecule has 3 N–H and O–H groups in total. The Hall–Kier alpha value is -3.60. The van der Waals surface area contributed by atoms with Crippen molar-refractivity contribution >= 4 is 11.6 Å². The molecule has 0 spiro atoms. The van der Waals surface area contributed by atoms with Gasteiger partial charge in [-0.1, -0.05) is 42.5 Å². The summed E-state index contributed by atoms with van der Waals surface area (Å²) in [5, 5.41) is 23.3. The van der Waals surface area contributed by atoms with Crippen molar-refractivity contribution in [1.29, 1.82) is 0 Å². The minimum atomic E-state index is -0.358. The summed E-state index contributed by atoms with van der Waals surface area (Å²) in [6.45, 7) is 1.63. The summed E-state index contributed by atoms with van der Waals surface area (Å²) in [6, 6.07) is 21.2. The lowest BCUT2D eigenvalue weighted by molar-refractivity contribution is 0.0955. The molecule has 0 heterocycles. The van der Waals surface area contributed by atoms with Crippen LogP contribution in [0.25, 0.3) is 11.1 Å². The third-order valence-electron chi connectivity index (χ3n) is 3.95. The van der Waals surface area contributed by atoms with Crippen molar-refractivity contribution in [3.05, 3.63) is 83.9 Å². The lowest BCUT2D eigenvalue weighted by atomic mass is 10.0. The molecule has 0 unspecified atom stereocenters. The van der Waals surface area contributed by atoms with Crippen LogP contribution in [0, 0.1) is 0 Å². The molecule has 130 valence electrons. The first-order valence-electron chi connectivity index (χ1n) is 8.07. The number of phenolic OH excluding ortho intramolecular Hbond substituents is 2. The number of carbonyl (C=O) groups excluding carboxylic acids is 1. The van der Waals surface area contributed by atoms with Crippen LogP contribution in [0.1, 0.15) is 22.8 Å². The fourth-order valence-electron chi connectivity index (χ4n) is 2.52. The summed E-state index contributed by atoms with van der Waals surface area (Å²) in [6.07, 6.45) is 0. The van der Waals surface area contributed by atoms with Crippen LogP contribution in [0.15, 0.2) is 77.9 Å². The number of hydrogen-bond donors (Lipinski definition) is 3. The molecule has 0 saturated carbocycles. The van der Waals surface area contributed by atoms with Crippen molar-refractivity contribution in [2.24, 2.45) is 5.10 Å². The van der Waals surface area contributed by atoms with Gasteiger partial charge in [-0.05, 0) is 48.4 Å². The Labute approximate surface area is 151 Å². The van der Waals surface area contributed by atoms with E-state index >= 15 is 0 Å². The molecule has 0 aromatic heterocycles. The topological polar surface area (TPSA) is 81.9 Å². The van der Waals surface area contributed by atoms with E-state index in [2.05, 4.69) is 10.5 Å². The molecule has 0 aliphatic rings. The molecule has 0 fully saturated rings. The highest BCUT2D eigenvalue weighted by atomic mass is 16.3. The van der Waals surface area contributed by atoms with Crippen LogP contribution in [0.3, 0.4) is 0 Å². The maximum absolute atomic E-state index is 12.3. The molecule has 3 aromatic rings. The molecular formula is C21H18N2O3. The number of rotatable bonds is 4. The summed E-state index contributed by atoms with van der Waals surface area (Å²) >= 11 is 0. The standard InChI is InChI=1S/C21H18N2O3/c1-14(19-13-18(24)11-12-20(19)25)22-23-21(26)17-9-7-16(8-10-17)15-5-3-2-4-6-15/h2-13,24-25H,1H3,(H,23,26). The minimum absolute atomic E-state index is 0.00942. The highest BCUT2D eigenvalue weighted by Gasteiger charge is 2.08. The van der Waals surface area contributed by atoms with Gasteiger partial charge in [-0.3, -0.25) is 4.79 Å². The molecule has 5 nitrogen and oxygen atoms in total. The monoisotopic (exact) mass is 346 g/mol. The number of amides is 1. The molecule has 3 rings (SSSR count). The van der Waals surface area contributed by atoms with E-state index in [1.165, 1.54) is 18.2 Å². The van der Waals surface area contributed by atoms with Gasteiger partial charge in [0, 0.05) is 11.1 Å². The smallest absolute Gasteiger partial charge is 0.271 e. The van der Waals surface area contributed by atoms with Crippen LogP contribution < -0.4 is 5.43 Å². The van der Waals surface area contributed by atoms with E-state index in [0.717, 1.165) is 11.1 Å². The summed E-state index contributed by atoms with van der Waals surface area (Å²) in [7, 11) is 0. The van der Waals surface area contributed by atoms with E-state index < -0.39 is 0 Å². The number of carbonyl (C=O) groups is 1. The van der Waals surface area contributed by atoms with E-state index in [1.54, 1.807) is 19.1 Å². The largest absolute Gasteiger partial charge is 0.508 e. The number of aromatic hydroxyl groups is 2. The van der Waals surface area contributed by atoms with Gasteiger partial charge in [-0.2, -0.15) is 5.10 Å². The van der Waals surface area contributed by atoms with Crippen LogP contribution in [0.5, 0.6) is 11.5 Å². The Bertz CT molecular complexity index is 949. The SMILES string of the molecule is CC(=NNC(=O)c1ccc(-c2ccccc2)cc1)c1cc(O)ccc1O. The Morgan fingerprint density at radius 1 is 0.885 bits per heavy atom. The van der Waals surface area contributed by atoms with Crippen molar-refractivity contribution in [1.82, 2.24) is 5.43 Å². The molecule has 0 aliphatic carbocycles. The molecule has 0 saturated heterocycles. The highest BCUT2D eigenvalue weighted by Crippen LogP contribution is 2.23. The number of hydrogen-bond acceptors (Lipinski definition) is 4. The average Bonchev–Trinajstić information content (AvgIpc) is 2.68. The lowest BCUT2D eigenvalue weighted by Gasteiger charge is -2.06. The zero-order chi connectivity index (χ0) is 18.5. The number of nitrogens with one attached hydrogen (secondary N) is 1. The summed E-state index contributed by atoms with van der Waals surface area (Å²) in [5.74, 6) is -0.371. The Kier molecular flexibility index (Phi) is 4.99. The first-order chi connectivity index (χ1) is 12.5. The van der Waals surface area contributed by atoms with Gasteiger partial charge in [-0.15, -0.1) is 0 Å². The molecule has 1 amide bonds. The number of phenols is 2. The van der Waals surface area contributed by atoms with Crippen LogP contribution >= 0.6 is 0 Å². The Morgan fingerprint density at radius 2 is 1.54 bits per heavy atom. The molecule has 0 radical (unpaired) electrons. The van der Waals surface area contributed by atoms with Gasteiger partial charge in [0.25, 0.3) is 5.91 Å². The first-order valence-corrected chi connectivity index (χ1v) is 8.07. The summed E-state index contributed by atoms with van der Waals surface area (Å²) < 4.78 is 0. The van der Waals surface area contributed by atoms with Crippen LogP contribution in [0.4, 0.5) is 0 Å². The molecule has 3 aromatic carbocycles. The molecule has 5 heteroatoms. The van der Waals surface area contributed by atoms with E-state index in [9.17, 15) is 15.0 Å². The third kappa shape index (κ3) is 3.89.